The third kappa shape index (κ3) is 3.92. The number of para-hydroxylation sites is 1. The van der Waals surface area contributed by atoms with Gasteiger partial charge in [-0.15, -0.1) is 0 Å². The number of nitrogens with one attached hydrogen (secondary N) is 1. The highest BCUT2D eigenvalue weighted by molar-refractivity contribution is 6.67. The van der Waals surface area contributed by atoms with E-state index in [4.69, 9.17) is 9.65 Å². The quantitative estimate of drug-likeness (QED) is 0.687. The van der Waals surface area contributed by atoms with E-state index in [2.05, 4.69) is 61.0 Å². The van der Waals surface area contributed by atoms with Crippen LogP contribution in [0, 0.1) is 6.92 Å². The lowest BCUT2D eigenvalue weighted by atomic mass is 9.44. The molecule has 138 valence electrons. The third-order valence-electron chi connectivity index (χ3n) is 5.33. The van der Waals surface area contributed by atoms with Gasteiger partial charge in [0.1, 0.15) is 0 Å². The van der Waals surface area contributed by atoms with Crippen LogP contribution in [0.3, 0.4) is 0 Å². The van der Waals surface area contributed by atoms with E-state index in [1.165, 1.54) is 18.4 Å². The van der Waals surface area contributed by atoms with Crippen LogP contribution in [0.2, 0.25) is 12.6 Å². The van der Waals surface area contributed by atoms with Crippen LogP contribution in [0.1, 0.15) is 45.1 Å². The van der Waals surface area contributed by atoms with E-state index in [0.717, 1.165) is 37.0 Å². The van der Waals surface area contributed by atoms with Crippen molar-refractivity contribution in [1.29, 1.82) is 0 Å². The molecule has 0 saturated carbocycles. The number of aliphatic imine (C=N–C) groups is 1. The minimum absolute atomic E-state index is 0.623. The van der Waals surface area contributed by atoms with Crippen molar-refractivity contribution in [2.24, 2.45) is 4.99 Å². The monoisotopic (exact) mass is 351 g/mol. The van der Waals surface area contributed by atoms with Gasteiger partial charge in [0.2, 0.25) is 0 Å². The van der Waals surface area contributed by atoms with E-state index in [9.17, 15) is 0 Å². The molecule has 0 saturated heterocycles. The lowest BCUT2D eigenvalue weighted by Crippen LogP contribution is -2.69. The van der Waals surface area contributed by atoms with Gasteiger partial charge in [0, 0.05) is 22.9 Å². The van der Waals surface area contributed by atoms with Gasteiger partial charge in [-0.2, -0.15) is 0 Å². The van der Waals surface area contributed by atoms with Crippen molar-refractivity contribution in [3.8, 4) is 0 Å². The van der Waals surface area contributed by atoms with Gasteiger partial charge in [0.05, 0.1) is 0 Å². The van der Waals surface area contributed by atoms with E-state index >= 15 is 0 Å². The summed E-state index contributed by atoms with van der Waals surface area (Å²) >= 11 is 0. The Labute approximate surface area is 157 Å². The zero-order chi connectivity index (χ0) is 18.4. The molecule has 5 heteroatoms. The number of pyridine rings is 1. The molecule has 1 aromatic carbocycles. The number of fused-ring (bicyclic) bond motifs is 1. The van der Waals surface area contributed by atoms with Gasteiger partial charge in [0.15, 0.2) is 0 Å². The molecular weight excluding hydrogens is 321 g/mol. The highest BCUT2D eigenvalue weighted by Gasteiger charge is 2.41. The van der Waals surface area contributed by atoms with Crippen LogP contribution in [-0.2, 0) is 4.65 Å². The first-order valence-corrected chi connectivity index (χ1v) is 9.97. The van der Waals surface area contributed by atoms with Crippen molar-refractivity contribution in [2.45, 2.75) is 59.1 Å². The van der Waals surface area contributed by atoms with Crippen LogP contribution >= 0.6 is 0 Å². The fraction of sp³-hybridized carbons (Fsp3) is 0.429. The van der Waals surface area contributed by atoms with E-state index in [-0.39, 0.29) is 0 Å². The van der Waals surface area contributed by atoms with Crippen molar-refractivity contribution in [1.82, 2.24) is 0 Å². The Morgan fingerprint density at radius 3 is 2.38 bits per heavy atom. The molecule has 4 nitrogen and oxygen atoms in total. The number of amidine groups is 1. The Bertz CT molecular complexity index is 767. The Hall–Kier alpha value is -2.30. The van der Waals surface area contributed by atoms with Gasteiger partial charge in [-0.05, 0) is 24.6 Å². The van der Waals surface area contributed by atoms with Crippen LogP contribution in [0.5, 0.6) is 0 Å². The Balaban J connectivity index is 1.98. The molecule has 1 aromatic heterocycles. The maximum atomic E-state index is 6.63. The molecule has 2 aromatic rings. The van der Waals surface area contributed by atoms with Gasteiger partial charge in [-0.25, -0.2) is 0 Å². The highest BCUT2D eigenvalue weighted by atomic mass is 16.5. The molecule has 0 atom stereocenters. The molecule has 1 N–H and O–H groups in total. The summed E-state index contributed by atoms with van der Waals surface area (Å²) in [5.74, 6) is 0.974. The topological polar surface area (TPSA) is 37.5 Å². The first-order valence-electron chi connectivity index (χ1n) is 9.97. The SMILES string of the molecule is CCCC[B-]1(CCCC)OC(Nc2ccccc2C)=Nc2cccc[n+]21. The summed E-state index contributed by atoms with van der Waals surface area (Å²) in [6.45, 7) is 5.41. The predicted molar refractivity (Wildman–Crippen MR) is 110 cm³/mol. The first-order chi connectivity index (χ1) is 12.7. The van der Waals surface area contributed by atoms with Gasteiger partial charge in [-0.3, -0.25) is 5.32 Å². The maximum absolute atomic E-state index is 6.63. The molecule has 2 heterocycles. The van der Waals surface area contributed by atoms with E-state index in [1.807, 2.05) is 18.2 Å². The minimum Gasteiger partial charge on any atom is -0.631 e. The number of aryl methyl sites for hydroxylation is 1. The van der Waals surface area contributed by atoms with Crippen molar-refractivity contribution in [3.63, 3.8) is 0 Å². The summed E-state index contributed by atoms with van der Waals surface area (Å²) < 4.78 is 8.91. The maximum Gasteiger partial charge on any atom is 0.368 e. The van der Waals surface area contributed by atoms with Crippen LogP contribution in [0.15, 0.2) is 53.7 Å². The fourth-order valence-electron chi connectivity index (χ4n) is 3.81. The summed E-state index contributed by atoms with van der Waals surface area (Å²) in [6, 6.07) is 15.1. The van der Waals surface area contributed by atoms with Gasteiger partial charge < -0.3 is 9.13 Å². The van der Waals surface area contributed by atoms with Crippen LogP contribution < -0.4 is 9.79 Å². The molecule has 1 aliphatic rings. The number of benzene rings is 1. The molecule has 1 aliphatic heterocycles. The van der Waals surface area contributed by atoms with Crippen molar-refractivity contribution in [2.75, 3.05) is 5.32 Å². The zero-order valence-corrected chi connectivity index (χ0v) is 16.2. The Kier molecular flexibility index (Phi) is 5.97. The van der Waals surface area contributed by atoms with E-state index in [0.29, 0.717) is 6.02 Å². The lowest BCUT2D eigenvalue weighted by Gasteiger charge is -2.41. The fourth-order valence-corrected chi connectivity index (χ4v) is 3.81. The zero-order valence-electron chi connectivity index (χ0n) is 16.2. The summed E-state index contributed by atoms with van der Waals surface area (Å²) in [6.07, 6.45) is 8.87. The number of rotatable bonds is 7. The number of anilines is 1. The van der Waals surface area contributed by atoms with Crippen LogP contribution in [0.25, 0.3) is 0 Å². The smallest absolute Gasteiger partial charge is 0.368 e. The largest absolute Gasteiger partial charge is 0.631 e. The van der Waals surface area contributed by atoms with Gasteiger partial charge in [-0.1, -0.05) is 76.4 Å². The van der Waals surface area contributed by atoms with Crippen molar-refractivity contribution >= 4 is 24.0 Å². The number of hydrogen-bond acceptors (Lipinski definition) is 3. The molecule has 0 unspecified atom stereocenters. The van der Waals surface area contributed by atoms with E-state index in [1.54, 1.807) is 0 Å². The molecular formula is C21H30BN3O. The average molecular weight is 351 g/mol. The molecule has 26 heavy (non-hydrogen) atoms. The lowest BCUT2D eigenvalue weighted by molar-refractivity contribution is -0.549. The second kappa shape index (κ2) is 8.39. The number of aromatic nitrogens is 1. The summed E-state index contributed by atoms with van der Waals surface area (Å²) in [5, 5.41) is 3.43. The first kappa shape index (κ1) is 18.5. The number of unbranched alkanes of at least 4 members (excludes halogenated alkanes) is 2. The van der Waals surface area contributed by atoms with Crippen molar-refractivity contribution in [3.05, 3.63) is 54.2 Å². The predicted octanol–water partition coefficient (Wildman–Crippen LogP) is 5.30. The van der Waals surface area contributed by atoms with Crippen LogP contribution in [0.4, 0.5) is 11.5 Å². The van der Waals surface area contributed by atoms with Gasteiger partial charge >= 0.3 is 12.5 Å². The summed E-state index contributed by atoms with van der Waals surface area (Å²) in [7, 11) is 0. The Morgan fingerprint density at radius 2 is 1.69 bits per heavy atom. The standard InChI is InChI=1S/C21H30BN3O/c1-4-6-15-22(16-7-5-2)25-17-11-10-14-20(25)24-21(26-22)23-19-13-9-8-12-18(19)3/h8-14,17H,4-7,15-16H2,1-3H3,(H,23,24). The molecule has 0 radical (unpaired) electrons. The molecule has 0 fully saturated rings. The molecule has 0 amide bonds. The molecule has 3 rings (SSSR count). The summed E-state index contributed by atoms with van der Waals surface area (Å²) in [5.41, 5.74) is 2.23. The van der Waals surface area contributed by atoms with E-state index < -0.39 is 6.48 Å². The average Bonchev–Trinajstić information content (AvgIpc) is 2.66. The van der Waals surface area contributed by atoms with Gasteiger partial charge in [0.25, 0.3) is 5.82 Å². The van der Waals surface area contributed by atoms with Crippen LogP contribution in [-0.4, -0.2) is 12.5 Å². The summed E-state index contributed by atoms with van der Waals surface area (Å²) in [4.78, 5) is 4.76. The van der Waals surface area contributed by atoms with Crippen molar-refractivity contribution < 1.29 is 9.13 Å². The molecule has 0 bridgehead atoms. The molecule has 0 spiro atoms. The highest BCUT2D eigenvalue weighted by Crippen LogP contribution is 2.27. The normalized spacial score (nSPS) is 15.0. The number of hydrogen-bond donors (Lipinski definition) is 1. The molecule has 0 aliphatic carbocycles. The Morgan fingerprint density at radius 1 is 1.00 bits per heavy atom. The second-order valence-corrected chi connectivity index (χ2v) is 7.32. The second-order valence-electron chi connectivity index (χ2n) is 7.32. The number of nitrogens with zero attached hydrogens (tertiary/aromatic N) is 2. The minimum atomic E-state index is -1.17. The third-order valence-corrected chi connectivity index (χ3v) is 5.33.